The standard InChI is InChI=1S/C14H20O4/c1-9(2)6-7-10-11(16-3)8-12(17-4)13(15)14(10)18-5/h6,8,15H,7H2,1-5H3. The SMILES string of the molecule is COc1cc(OC)c(CC=C(C)C)c(OC)c1O. The van der Waals surface area contributed by atoms with E-state index in [1.165, 1.54) is 19.8 Å². The van der Waals surface area contributed by atoms with E-state index in [9.17, 15) is 5.11 Å². The molecule has 4 heteroatoms. The van der Waals surface area contributed by atoms with E-state index >= 15 is 0 Å². The quantitative estimate of drug-likeness (QED) is 0.818. The van der Waals surface area contributed by atoms with Gasteiger partial charge in [0.2, 0.25) is 5.75 Å². The summed E-state index contributed by atoms with van der Waals surface area (Å²) in [6.45, 7) is 4.03. The van der Waals surface area contributed by atoms with Gasteiger partial charge in [-0.3, -0.25) is 0 Å². The molecule has 0 aliphatic rings. The summed E-state index contributed by atoms with van der Waals surface area (Å²) in [5, 5.41) is 10.0. The highest BCUT2D eigenvalue weighted by atomic mass is 16.5. The van der Waals surface area contributed by atoms with Crippen LogP contribution in [-0.2, 0) is 6.42 Å². The van der Waals surface area contributed by atoms with Crippen molar-refractivity contribution in [2.75, 3.05) is 21.3 Å². The minimum Gasteiger partial charge on any atom is -0.502 e. The molecule has 0 heterocycles. The average Bonchev–Trinajstić information content (AvgIpc) is 2.36. The zero-order chi connectivity index (χ0) is 13.7. The van der Waals surface area contributed by atoms with Gasteiger partial charge in [0.25, 0.3) is 0 Å². The highest BCUT2D eigenvalue weighted by Gasteiger charge is 2.19. The molecule has 1 aromatic rings. The van der Waals surface area contributed by atoms with Crippen molar-refractivity contribution in [3.05, 3.63) is 23.3 Å². The molecule has 1 N–H and O–H groups in total. The van der Waals surface area contributed by atoms with Gasteiger partial charge in [-0.1, -0.05) is 11.6 Å². The molecule has 0 amide bonds. The fraction of sp³-hybridized carbons (Fsp3) is 0.429. The molecule has 0 saturated carbocycles. The molecule has 1 aromatic carbocycles. The lowest BCUT2D eigenvalue weighted by Crippen LogP contribution is -1.98. The normalized spacial score (nSPS) is 9.83. The first-order chi connectivity index (χ1) is 8.54. The molecule has 100 valence electrons. The minimum atomic E-state index is -0.00189. The smallest absolute Gasteiger partial charge is 0.201 e. The molecule has 0 aromatic heterocycles. The predicted molar refractivity (Wildman–Crippen MR) is 70.9 cm³/mol. The second-order valence-electron chi connectivity index (χ2n) is 4.13. The maximum atomic E-state index is 10.0. The van der Waals surface area contributed by atoms with E-state index in [-0.39, 0.29) is 5.75 Å². The number of aromatic hydroxyl groups is 1. The first-order valence-electron chi connectivity index (χ1n) is 5.69. The Morgan fingerprint density at radius 3 is 2.17 bits per heavy atom. The van der Waals surface area contributed by atoms with Crippen LogP contribution in [0.5, 0.6) is 23.0 Å². The van der Waals surface area contributed by atoms with Gasteiger partial charge in [-0.25, -0.2) is 0 Å². The first kappa shape index (κ1) is 14.2. The number of phenols is 1. The molecule has 0 atom stereocenters. The molecule has 18 heavy (non-hydrogen) atoms. The summed E-state index contributed by atoms with van der Waals surface area (Å²) in [5.41, 5.74) is 1.99. The lowest BCUT2D eigenvalue weighted by molar-refractivity contribution is 0.328. The number of hydrogen-bond acceptors (Lipinski definition) is 4. The van der Waals surface area contributed by atoms with Gasteiger partial charge in [-0.15, -0.1) is 0 Å². The highest BCUT2D eigenvalue weighted by molar-refractivity contribution is 5.61. The van der Waals surface area contributed by atoms with Gasteiger partial charge in [0.15, 0.2) is 11.5 Å². The van der Waals surface area contributed by atoms with Crippen LogP contribution in [0.4, 0.5) is 0 Å². The van der Waals surface area contributed by atoms with Crippen LogP contribution in [0, 0.1) is 0 Å². The van der Waals surface area contributed by atoms with Crippen LogP contribution >= 0.6 is 0 Å². The largest absolute Gasteiger partial charge is 0.502 e. The van der Waals surface area contributed by atoms with Gasteiger partial charge in [-0.2, -0.15) is 0 Å². The number of benzene rings is 1. The van der Waals surface area contributed by atoms with Crippen molar-refractivity contribution in [2.45, 2.75) is 20.3 Å². The molecular formula is C14H20O4. The number of rotatable bonds is 5. The second-order valence-corrected chi connectivity index (χ2v) is 4.13. The molecule has 4 nitrogen and oxygen atoms in total. The van der Waals surface area contributed by atoms with Crippen LogP contribution in [0.3, 0.4) is 0 Å². The number of hydrogen-bond donors (Lipinski definition) is 1. The van der Waals surface area contributed by atoms with Crippen LogP contribution in [0.25, 0.3) is 0 Å². The minimum absolute atomic E-state index is 0.00189. The van der Waals surface area contributed by atoms with E-state index < -0.39 is 0 Å². The van der Waals surface area contributed by atoms with Crippen molar-refractivity contribution in [2.24, 2.45) is 0 Å². The van der Waals surface area contributed by atoms with Crippen molar-refractivity contribution in [3.8, 4) is 23.0 Å². The van der Waals surface area contributed by atoms with Gasteiger partial charge in [0.1, 0.15) is 5.75 Å². The third-order valence-electron chi connectivity index (χ3n) is 2.64. The molecule has 0 saturated heterocycles. The number of ether oxygens (including phenoxy) is 3. The van der Waals surface area contributed by atoms with Crippen molar-refractivity contribution < 1.29 is 19.3 Å². The fourth-order valence-corrected chi connectivity index (χ4v) is 1.70. The van der Waals surface area contributed by atoms with E-state index in [0.29, 0.717) is 23.7 Å². The van der Waals surface area contributed by atoms with E-state index in [2.05, 4.69) is 0 Å². The maximum Gasteiger partial charge on any atom is 0.201 e. The van der Waals surface area contributed by atoms with Gasteiger partial charge < -0.3 is 19.3 Å². The van der Waals surface area contributed by atoms with E-state index in [1.807, 2.05) is 19.9 Å². The Kier molecular flexibility index (Phi) is 4.89. The van der Waals surface area contributed by atoms with Gasteiger partial charge in [-0.05, 0) is 20.3 Å². The second kappa shape index (κ2) is 6.19. The van der Waals surface area contributed by atoms with Crippen molar-refractivity contribution >= 4 is 0 Å². The molecule has 1 rings (SSSR count). The van der Waals surface area contributed by atoms with Crippen LogP contribution < -0.4 is 14.2 Å². The summed E-state index contributed by atoms with van der Waals surface area (Å²) in [7, 11) is 4.58. The Hall–Kier alpha value is -1.84. The summed E-state index contributed by atoms with van der Waals surface area (Å²) in [6, 6.07) is 1.66. The monoisotopic (exact) mass is 252 g/mol. The number of methoxy groups -OCH3 is 3. The van der Waals surface area contributed by atoms with Crippen LogP contribution in [-0.4, -0.2) is 26.4 Å². The third kappa shape index (κ3) is 2.88. The van der Waals surface area contributed by atoms with Gasteiger partial charge in [0, 0.05) is 11.6 Å². The molecule has 0 spiro atoms. The zero-order valence-electron chi connectivity index (χ0n) is 11.5. The fourth-order valence-electron chi connectivity index (χ4n) is 1.70. The Bertz CT molecular complexity index is 446. The van der Waals surface area contributed by atoms with E-state index in [0.717, 1.165) is 5.56 Å². The molecule has 0 unspecified atom stereocenters. The Morgan fingerprint density at radius 1 is 1.11 bits per heavy atom. The summed E-state index contributed by atoms with van der Waals surface area (Å²) in [6.07, 6.45) is 2.68. The first-order valence-corrected chi connectivity index (χ1v) is 5.69. The average molecular weight is 252 g/mol. The number of allylic oxidation sites excluding steroid dienone is 2. The van der Waals surface area contributed by atoms with Gasteiger partial charge in [0.05, 0.1) is 21.3 Å². The van der Waals surface area contributed by atoms with Crippen LogP contribution in [0.1, 0.15) is 19.4 Å². The van der Waals surface area contributed by atoms with Gasteiger partial charge >= 0.3 is 0 Å². The lowest BCUT2D eigenvalue weighted by atomic mass is 10.1. The van der Waals surface area contributed by atoms with Crippen molar-refractivity contribution in [3.63, 3.8) is 0 Å². The number of phenolic OH excluding ortho intramolecular Hbond substituents is 1. The molecule has 0 radical (unpaired) electrons. The highest BCUT2D eigenvalue weighted by Crippen LogP contribution is 2.44. The maximum absolute atomic E-state index is 10.0. The third-order valence-corrected chi connectivity index (χ3v) is 2.64. The Balaban J connectivity index is 3.36. The van der Waals surface area contributed by atoms with Crippen molar-refractivity contribution in [1.82, 2.24) is 0 Å². The molecule has 0 bridgehead atoms. The predicted octanol–water partition coefficient (Wildman–Crippen LogP) is 2.93. The lowest BCUT2D eigenvalue weighted by Gasteiger charge is -2.16. The summed E-state index contributed by atoms with van der Waals surface area (Å²) in [4.78, 5) is 0. The van der Waals surface area contributed by atoms with Crippen molar-refractivity contribution in [1.29, 1.82) is 0 Å². The topological polar surface area (TPSA) is 47.9 Å². The molecule has 0 fully saturated rings. The Labute approximate surface area is 108 Å². The van der Waals surface area contributed by atoms with E-state index in [1.54, 1.807) is 13.2 Å². The van der Waals surface area contributed by atoms with Crippen LogP contribution in [0.15, 0.2) is 17.7 Å². The van der Waals surface area contributed by atoms with E-state index in [4.69, 9.17) is 14.2 Å². The summed E-state index contributed by atoms with van der Waals surface area (Å²) in [5.74, 6) is 1.37. The van der Waals surface area contributed by atoms with Crippen LogP contribution in [0.2, 0.25) is 0 Å². The summed E-state index contributed by atoms with van der Waals surface area (Å²) >= 11 is 0. The molecular weight excluding hydrogens is 232 g/mol. The molecule has 0 aliphatic carbocycles. The summed E-state index contributed by atoms with van der Waals surface area (Å²) < 4.78 is 15.7. The molecule has 0 aliphatic heterocycles. The Morgan fingerprint density at radius 2 is 1.72 bits per heavy atom. The zero-order valence-corrected chi connectivity index (χ0v) is 11.5.